The zero-order chi connectivity index (χ0) is 24.1. The van der Waals surface area contributed by atoms with Crippen LogP contribution in [0.5, 0.6) is 0 Å². The van der Waals surface area contributed by atoms with E-state index < -0.39 is 5.41 Å². The minimum atomic E-state index is -0.417. The van der Waals surface area contributed by atoms with Crippen molar-refractivity contribution in [2.75, 3.05) is 0 Å². The second kappa shape index (κ2) is 11.7. The number of allylic oxidation sites excluding steroid dienone is 2. The summed E-state index contributed by atoms with van der Waals surface area (Å²) in [5.41, 5.74) is 3.82. The van der Waals surface area contributed by atoms with E-state index in [9.17, 15) is 9.90 Å². The van der Waals surface area contributed by atoms with Gasteiger partial charge in [0.2, 0.25) is 0 Å². The monoisotopic (exact) mass is 623 g/mol. The first-order valence-corrected chi connectivity index (χ1v) is 11.1. The number of hydrogen-bond donors (Lipinski definition) is 1. The van der Waals surface area contributed by atoms with E-state index in [0.717, 1.165) is 17.7 Å². The molecule has 1 heterocycles. The van der Waals surface area contributed by atoms with Crippen molar-refractivity contribution in [1.82, 2.24) is 4.98 Å². The van der Waals surface area contributed by atoms with Gasteiger partial charge in [0.15, 0.2) is 5.78 Å². The predicted octanol–water partition coefficient (Wildman–Crippen LogP) is 7.66. The maximum atomic E-state index is 11.5. The van der Waals surface area contributed by atoms with Gasteiger partial charge >= 0.3 is 0 Å². The molecule has 3 aromatic rings. The summed E-state index contributed by atoms with van der Waals surface area (Å²) in [6.45, 7) is 15.4. The zero-order valence-corrected chi connectivity index (χ0v) is 23.4. The van der Waals surface area contributed by atoms with Crippen LogP contribution in [0.25, 0.3) is 22.0 Å². The SMILES string of the molecule is CC(C)(C)C(=O)/C=C(\O)C(C)(C)C.CCc1cc(C)[c-]c(-c2cc3ccccc3cn2)c1.[Ir]. The van der Waals surface area contributed by atoms with Crippen LogP contribution in [0.15, 0.2) is 60.5 Å². The predicted molar refractivity (Wildman–Crippen MR) is 135 cm³/mol. The van der Waals surface area contributed by atoms with Crippen LogP contribution in [0.3, 0.4) is 0 Å². The fourth-order valence-corrected chi connectivity index (χ4v) is 2.92. The Morgan fingerprint density at radius 1 is 1.00 bits per heavy atom. The van der Waals surface area contributed by atoms with Crippen molar-refractivity contribution in [3.8, 4) is 11.3 Å². The van der Waals surface area contributed by atoms with Crippen molar-refractivity contribution in [3.63, 3.8) is 0 Å². The van der Waals surface area contributed by atoms with Crippen molar-refractivity contribution in [3.05, 3.63) is 77.7 Å². The fourth-order valence-electron chi connectivity index (χ4n) is 2.92. The molecule has 1 N–H and O–H groups in total. The van der Waals surface area contributed by atoms with Gasteiger partial charge in [0.05, 0.1) is 0 Å². The van der Waals surface area contributed by atoms with Crippen LogP contribution in [0.2, 0.25) is 0 Å². The zero-order valence-electron chi connectivity index (χ0n) is 21.0. The Morgan fingerprint density at radius 2 is 1.61 bits per heavy atom. The van der Waals surface area contributed by atoms with Gasteiger partial charge in [-0.2, -0.15) is 0 Å². The summed E-state index contributed by atoms with van der Waals surface area (Å²) in [6.07, 6.45) is 4.31. The first kappa shape index (κ1) is 28.7. The smallest absolute Gasteiger partial charge is 0.164 e. The number of carbonyl (C=O) groups excluding carboxylic acids is 1. The molecule has 0 aliphatic heterocycles. The van der Waals surface area contributed by atoms with Gasteiger partial charge in [-0.3, -0.25) is 4.79 Å². The van der Waals surface area contributed by atoms with Crippen LogP contribution in [-0.4, -0.2) is 15.9 Å². The van der Waals surface area contributed by atoms with Crippen molar-refractivity contribution in [2.24, 2.45) is 10.8 Å². The molecule has 0 unspecified atom stereocenters. The van der Waals surface area contributed by atoms with Crippen LogP contribution in [0.4, 0.5) is 0 Å². The van der Waals surface area contributed by atoms with Gasteiger partial charge in [-0.15, -0.1) is 34.9 Å². The number of ketones is 1. The molecule has 0 amide bonds. The third-order valence-corrected chi connectivity index (χ3v) is 5.15. The van der Waals surface area contributed by atoms with Gasteiger partial charge < -0.3 is 10.1 Å². The normalized spacial score (nSPS) is 11.9. The Hall–Kier alpha value is -2.29. The molecule has 0 bridgehead atoms. The molecular formula is C29H36IrNO2-. The molecule has 1 radical (unpaired) electrons. The van der Waals surface area contributed by atoms with Crippen LogP contribution in [-0.2, 0) is 31.3 Å². The number of fused-ring (bicyclic) bond motifs is 1. The van der Waals surface area contributed by atoms with E-state index in [-0.39, 0.29) is 37.1 Å². The molecule has 1 aromatic heterocycles. The minimum absolute atomic E-state index is 0. The van der Waals surface area contributed by atoms with Crippen LogP contribution in [0, 0.1) is 23.8 Å². The molecule has 0 fully saturated rings. The molecule has 3 rings (SSSR count). The number of pyridine rings is 1. The van der Waals surface area contributed by atoms with E-state index >= 15 is 0 Å². The fraction of sp³-hybridized carbons (Fsp3) is 0.379. The molecule has 0 spiro atoms. The summed E-state index contributed by atoms with van der Waals surface area (Å²) < 4.78 is 0. The van der Waals surface area contributed by atoms with Crippen molar-refractivity contribution < 1.29 is 30.0 Å². The number of aliphatic hydroxyl groups is 1. The number of aromatic nitrogens is 1. The Labute approximate surface area is 212 Å². The summed E-state index contributed by atoms with van der Waals surface area (Å²) in [6, 6.07) is 18.2. The number of hydrogen-bond acceptors (Lipinski definition) is 3. The summed E-state index contributed by atoms with van der Waals surface area (Å²) in [5.74, 6) is 0.104. The van der Waals surface area contributed by atoms with E-state index in [0.29, 0.717) is 0 Å². The maximum absolute atomic E-state index is 11.5. The molecule has 0 saturated carbocycles. The third-order valence-electron chi connectivity index (χ3n) is 5.15. The van der Waals surface area contributed by atoms with Crippen LogP contribution in [0.1, 0.15) is 59.6 Å². The second-order valence-corrected chi connectivity index (χ2v) is 10.2. The number of carbonyl (C=O) groups is 1. The number of rotatable bonds is 3. The summed E-state index contributed by atoms with van der Waals surface area (Å²) in [7, 11) is 0. The van der Waals surface area contributed by atoms with Gasteiger partial charge in [0.1, 0.15) is 5.76 Å². The molecule has 33 heavy (non-hydrogen) atoms. The molecule has 0 aliphatic carbocycles. The Kier molecular flexibility index (Phi) is 10.2. The Balaban J connectivity index is 0.000000346. The van der Waals surface area contributed by atoms with E-state index in [1.54, 1.807) is 0 Å². The van der Waals surface area contributed by atoms with E-state index in [1.165, 1.54) is 28.0 Å². The molecule has 2 aromatic carbocycles. The van der Waals surface area contributed by atoms with Gasteiger partial charge in [-0.1, -0.05) is 85.7 Å². The molecule has 0 saturated heterocycles. The third kappa shape index (κ3) is 8.53. The number of nitrogens with zero attached hydrogens (tertiary/aromatic N) is 1. The Morgan fingerprint density at radius 3 is 2.15 bits per heavy atom. The average molecular weight is 623 g/mol. The minimum Gasteiger partial charge on any atom is -0.512 e. The topological polar surface area (TPSA) is 50.2 Å². The van der Waals surface area contributed by atoms with Gasteiger partial charge in [0, 0.05) is 43.2 Å². The standard InChI is InChI=1S/C18H16N.C11H20O2.Ir/c1-3-14-8-13(2)9-17(10-14)18-11-15-6-4-5-7-16(15)12-19-18;1-10(2,3)8(12)7-9(13)11(4,5)6;/h4-8,10-12H,3H2,1-2H3;7,12H,1-6H3;/q-1;;/b;8-7-;. The van der Waals surface area contributed by atoms with Gasteiger partial charge in [-0.25, -0.2) is 0 Å². The molecule has 4 heteroatoms. The quantitative estimate of drug-likeness (QED) is 0.185. The summed E-state index contributed by atoms with van der Waals surface area (Å²) in [4.78, 5) is 16.0. The summed E-state index contributed by atoms with van der Waals surface area (Å²) >= 11 is 0. The summed E-state index contributed by atoms with van der Waals surface area (Å²) in [5, 5.41) is 12.0. The second-order valence-electron chi connectivity index (χ2n) is 10.2. The largest absolute Gasteiger partial charge is 0.512 e. The van der Waals surface area contributed by atoms with Crippen LogP contribution < -0.4 is 0 Å². The van der Waals surface area contributed by atoms with Gasteiger partial charge in [-0.05, 0) is 22.9 Å². The average Bonchev–Trinajstić information content (AvgIpc) is 2.72. The molecule has 3 nitrogen and oxygen atoms in total. The number of benzene rings is 2. The first-order chi connectivity index (χ1) is 14.8. The number of aliphatic hydroxyl groups excluding tert-OH is 1. The van der Waals surface area contributed by atoms with E-state index in [2.05, 4.69) is 61.3 Å². The van der Waals surface area contributed by atoms with Crippen molar-refractivity contribution in [1.29, 1.82) is 0 Å². The number of aryl methyl sites for hydroxylation is 2. The van der Waals surface area contributed by atoms with E-state index in [4.69, 9.17) is 0 Å². The van der Waals surface area contributed by atoms with Crippen molar-refractivity contribution >= 4 is 16.6 Å². The Bertz CT molecular complexity index is 1120. The molecule has 0 atom stereocenters. The molecular weight excluding hydrogens is 587 g/mol. The first-order valence-electron chi connectivity index (χ1n) is 11.1. The van der Waals surface area contributed by atoms with E-state index in [1.807, 2.05) is 53.8 Å². The van der Waals surface area contributed by atoms with Gasteiger partial charge in [0.25, 0.3) is 0 Å². The van der Waals surface area contributed by atoms with Crippen LogP contribution >= 0.6 is 0 Å². The maximum Gasteiger partial charge on any atom is 0.164 e. The molecule has 179 valence electrons. The molecule has 0 aliphatic rings. The van der Waals surface area contributed by atoms with Crippen molar-refractivity contribution in [2.45, 2.75) is 61.8 Å².